The summed E-state index contributed by atoms with van der Waals surface area (Å²) in [4.78, 5) is 22.9. The molecule has 0 bridgehead atoms. The second kappa shape index (κ2) is 16.7. The number of unbranched alkanes of at least 4 members (excludes halogenated alkanes) is 12. The molecule has 0 aromatic rings. The quantitative estimate of drug-likeness (QED) is 0.192. The number of hydrogen-bond donors (Lipinski definition) is 2. The van der Waals surface area contributed by atoms with E-state index in [1.807, 2.05) is 0 Å². The first-order chi connectivity index (χ1) is 13.7. The van der Waals surface area contributed by atoms with Crippen molar-refractivity contribution in [2.75, 3.05) is 0 Å². The average molecular weight is 415 g/mol. The monoisotopic (exact) mass is 414 g/mol. The number of carboxylic acids is 1. The lowest BCUT2D eigenvalue weighted by atomic mass is 9.97. The van der Waals surface area contributed by atoms with Crippen LogP contribution in [0.1, 0.15) is 124 Å². The Morgan fingerprint density at radius 3 is 1.48 bits per heavy atom. The Kier molecular flexibility index (Phi) is 16.0. The number of ether oxygens (including phenoxy) is 1. The van der Waals surface area contributed by atoms with Gasteiger partial charge in [-0.05, 0) is 32.6 Å². The van der Waals surface area contributed by atoms with Crippen LogP contribution in [-0.2, 0) is 14.3 Å². The smallest absolute Gasteiger partial charge is 0.347 e. The van der Waals surface area contributed by atoms with Crippen LogP contribution in [0.5, 0.6) is 0 Å². The fourth-order valence-electron chi connectivity index (χ4n) is 3.47. The van der Waals surface area contributed by atoms with Crippen LogP contribution in [-0.4, -0.2) is 33.9 Å². The zero-order valence-corrected chi connectivity index (χ0v) is 19.4. The first-order valence-electron chi connectivity index (χ1n) is 11.8. The van der Waals surface area contributed by atoms with Crippen molar-refractivity contribution in [3.05, 3.63) is 0 Å². The van der Waals surface area contributed by atoms with Gasteiger partial charge in [-0.15, -0.1) is 0 Å². The highest BCUT2D eigenvalue weighted by Gasteiger charge is 2.37. The van der Waals surface area contributed by atoms with Gasteiger partial charge in [-0.1, -0.05) is 97.3 Å². The van der Waals surface area contributed by atoms with Gasteiger partial charge >= 0.3 is 11.9 Å². The molecule has 0 radical (unpaired) electrons. The first kappa shape index (κ1) is 27.9. The van der Waals surface area contributed by atoms with E-state index < -0.39 is 23.6 Å². The third-order valence-corrected chi connectivity index (χ3v) is 5.55. The summed E-state index contributed by atoms with van der Waals surface area (Å²) >= 11 is 0. The molecule has 0 saturated carbocycles. The van der Waals surface area contributed by atoms with Gasteiger partial charge in [0.1, 0.15) is 6.10 Å². The van der Waals surface area contributed by atoms with Crippen molar-refractivity contribution in [3.8, 4) is 0 Å². The molecule has 0 spiro atoms. The standard InChI is InChI=1S/C24H46O5/c1-20(2)18-16-14-12-10-8-6-5-7-9-11-13-15-17-19-24(4,23(27)28)29-22(26)21(3)25/h20-21,25H,5-19H2,1-4H3,(H,27,28). The lowest BCUT2D eigenvalue weighted by Crippen LogP contribution is -2.42. The molecule has 5 heteroatoms. The molecule has 0 rings (SSSR count). The van der Waals surface area contributed by atoms with Crippen molar-refractivity contribution >= 4 is 11.9 Å². The van der Waals surface area contributed by atoms with Crippen molar-refractivity contribution in [2.24, 2.45) is 5.92 Å². The molecular formula is C24H46O5. The molecule has 2 atom stereocenters. The zero-order valence-electron chi connectivity index (χ0n) is 19.4. The van der Waals surface area contributed by atoms with Crippen LogP contribution in [0.3, 0.4) is 0 Å². The molecule has 5 nitrogen and oxygen atoms in total. The number of carbonyl (C=O) groups excluding carboxylic acids is 1. The second-order valence-corrected chi connectivity index (χ2v) is 9.16. The van der Waals surface area contributed by atoms with Crippen LogP contribution >= 0.6 is 0 Å². The van der Waals surface area contributed by atoms with Gasteiger partial charge in [0.25, 0.3) is 0 Å². The molecular weight excluding hydrogens is 368 g/mol. The molecule has 0 aromatic carbocycles. The van der Waals surface area contributed by atoms with E-state index in [0.717, 1.165) is 18.8 Å². The van der Waals surface area contributed by atoms with E-state index in [-0.39, 0.29) is 6.42 Å². The van der Waals surface area contributed by atoms with Crippen molar-refractivity contribution < 1.29 is 24.5 Å². The number of carbonyl (C=O) groups is 2. The number of aliphatic hydroxyl groups is 1. The maximum atomic E-state index is 11.5. The van der Waals surface area contributed by atoms with Crippen LogP contribution in [0.2, 0.25) is 0 Å². The maximum absolute atomic E-state index is 11.5. The van der Waals surface area contributed by atoms with Crippen LogP contribution in [0.15, 0.2) is 0 Å². The summed E-state index contributed by atoms with van der Waals surface area (Å²) in [5.74, 6) is -1.21. The second-order valence-electron chi connectivity index (χ2n) is 9.16. The Morgan fingerprint density at radius 2 is 1.14 bits per heavy atom. The SMILES string of the molecule is CC(C)CCCCCCCCCCCCCCCC(C)(OC(=O)C(C)O)C(=O)O. The van der Waals surface area contributed by atoms with E-state index in [0.29, 0.717) is 6.42 Å². The van der Waals surface area contributed by atoms with Crippen molar-refractivity contribution in [1.82, 2.24) is 0 Å². The predicted octanol–water partition coefficient (Wildman–Crippen LogP) is 6.26. The predicted molar refractivity (Wildman–Crippen MR) is 118 cm³/mol. The Bertz CT molecular complexity index is 433. The van der Waals surface area contributed by atoms with Gasteiger partial charge in [0.05, 0.1) is 0 Å². The van der Waals surface area contributed by atoms with Crippen LogP contribution in [0, 0.1) is 5.92 Å². The van der Waals surface area contributed by atoms with Gasteiger partial charge < -0.3 is 14.9 Å². The third-order valence-electron chi connectivity index (χ3n) is 5.55. The highest BCUT2D eigenvalue weighted by Crippen LogP contribution is 2.22. The van der Waals surface area contributed by atoms with E-state index in [2.05, 4.69) is 13.8 Å². The lowest BCUT2D eigenvalue weighted by Gasteiger charge is -2.25. The molecule has 0 aliphatic rings. The third kappa shape index (κ3) is 15.4. The normalized spacial score (nSPS) is 14.6. The van der Waals surface area contributed by atoms with E-state index in [1.54, 1.807) is 0 Å². The van der Waals surface area contributed by atoms with E-state index in [4.69, 9.17) is 4.74 Å². The average Bonchev–Trinajstić information content (AvgIpc) is 2.64. The summed E-state index contributed by atoms with van der Waals surface area (Å²) in [5, 5.41) is 18.5. The lowest BCUT2D eigenvalue weighted by molar-refractivity contribution is -0.182. The van der Waals surface area contributed by atoms with Crippen LogP contribution in [0.25, 0.3) is 0 Å². The minimum absolute atomic E-state index is 0.276. The Morgan fingerprint density at radius 1 is 0.759 bits per heavy atom. The van der Waals surface area contributed by atoms with Gasteiger partial charge in [-0.2, -0.15) is 0 Å². The summed E-state index contributed by atoms with van der Waals surface area (Å²) in [5.41, 5.74) is -1.55. The van der Waals surface area contributed by atoms with Gasteiger partial charge in [-0.3, -0.25) is 0 Å². The molecule has 0 heterocycles. The van der Waals surface area contributed by atoms with E-state index in [9.17, 15) is 19.8 Å². The number of esters is 1. The first-order valence-corrected chi connectivity index (χ1v) is 11.8. The fraction of sp³-hybridized carbons (Fsp3) is 0.917. The molecule has 0 amide bonds. The molecule has 0 fully saturated rings. The minimum Gasteiger partial charge on any atom is -0.478 e. The summed E-state index contributed by atoms with van der Waals surface area (Å²) in [6.07, 6.45) is 16.3. The molecule has 2 N–H and O–H groups in total. The molecule has 0 saturated heterocycles. The number of carboxylic acid groups (broad SMARTS) is 1. The van der Waals surface area contributed by atoms with E-state index >= 15 is 0 Å². The highest BCUT2D eigenvalue weighted by molar-refractivity contribution is 5.82. The van der Waals surface area contributed by atoms with Gasteiger partial charge in [0.15, 0.2) is 0 Å². The largest absolute Gasteiger partial charge is 0.478 e. The summed E-state index contributed by atoms with van der Waals surface area (Å²) in [7, 11) is 0. The highest BCUT2D eigenvalue weighted by atomic mass is 16.6. The van der Waals surface area contributed by atoms with Crippen molar-refractivity contribution in [2.45, 2.75) is 136 Å². The molecule has 0 aliphatic heterocycles. The zero-order chi connectivity index (χ0) is 22.1. The number of aliphatic carboxylic acids is 1. The number of hydrogen-bond acceptors (Lipinski definition) is 4. The fourth-order valence-corrected chi connectivity index (χ4v) is 3.47. The molecule has 0 aromatic heterocycles. The molecule has 172 valence electrons. The Balaban J connectivity index is 3.58. The Hall–Kier alpha value is -1.10. The molecule has 2 unspecified atom stereocenters. The maximum Gasteiger partial charge on any atom is 0.347 e. The molecule has 29 heavy (non-hydrogen) atoms. The topological polar surface area (TPSA) is 83.8 Å². The summed E-state index contributed by atoms with van der Waals surface area (Å²) < 4.78 is 5.00. The van der Waals surface area contributed by atoms with Gasteiger partial charge in [-0.25, -0.2) is 9.59 Å². The number of aliphatic hydroxyl groups excluding tert-OH is 1. The van der Waals surface area contributed by atoms with Crippen molar-refractivity contribution in [1.29, 1.82) is 0 Å². The summed E-state index contributed by atoms with van der Waals surface area (Å²) in [6, 6.07) is 0. The van der Waals surface area contributed by atoms with Gasteiger partial charge in [0, 0.05) is 0 Å². The van der Waals surface area contributed by atoms with Crippen molar-refractivity contribution in [3.63, 3.8) is 0 Å². The van der Waals surface area contributed by atoms with Crippen LogP contribution < -0.4 is 0 Å². The Labute approximate surface area is 178 Å². The van der Waals surface area contributed by atoms with E-state index in [1.165, 1.54) is 84.5 Å². The van der Waals surface area contributed by atoms with Crippen LogP contribution in [0.4, 0.5) is 0 Å². The minimum atomic E-state index is -1.55. The van der Waals surface area contributed by atoms with Gasteiger partial charge in [0.2, 0.25) is 5.60 Å². The molecule has 0 aliphatic carbocycles. The summed E-state index contributed by atoms with van der Waals surface area (Å²) in [6.45, 7) is 7.27. The number of rotatable bonds is 19.